The molecule has 240 valence electrons. The van der Waals surface area contributed by atoms with Gasteiger partial charge in [-0.25, -0.2) is 9.59 Å². The Kier molecular flexibility index (Phi) is 9.78. The molecule has 0 radical (unpaired) electrons. The molecule has 0 aromatic heterocycles. The highest BCUT2D eigenvalue weighted by Crippen LogP contribution is 2.39. The molecule has 0 amide bonds. The molecule has 0 atom stereocenters. The number of rotatable bonds is 11. The summed E-state index contributed by atoms with van der Waals surface area (Å²) in [6.45, 7) is 9.08. The fourth-order valence-electron chi connectivity index (χ4n) is 5.53. The first-order valence-electron chi connectivity index (χ1n) is 15.7. The summed E-state index contributed by atoms with van der Waals surface area (Å²) in [5.74, 6) is -0.367. The van der Waals surface area contributed by atoms with Crippen molar-refractivity contribution in [1.82, 2.24) is 0 Å². The maximum Gasteiger partial charge on any atom is 0.335 e. The summed E-state index contributed by atoms with van der Waals surface area (Å²) < 4.78 is 10.8. The molecule has 6 aromatic carbocycles. The minimum absolute atomic E-state index is 0.369. The molecule has 6 aromatic rings. The Bertz CT molecular complexity index is 2040. The van der Waals surface area contributed by atoms with Gasteiger partial charge >= 0.3 is 11.9 Å². The van der Waals surface area contributed by atoms with Crippen LogP contribution >= 0.6 is 0 Å². The van der Waals surface area contributed by atoms with Crippen LogP contribution < -0.4 is 19.3 Å². The van der Waals surface area contributed by atoms with E-state index in [1.54, 1.807) is 36.4 Å². The Balaban J connectivity index is 1.34. The third-order valence-corrected chi connectivity index (χ3v) is 7.78. The molecular weight excluding hydrogens is 608 g/mol. The molecule has 6 nitrogen and oxygen atoms in total. The molecular formula is C43H34N2O4. The third-order valence-electron chi connectivity index (χ3n) is 7.78. The molecule has 0 bridgehead atoms. The largest absolute Gasteiger partial charge is 0.423 e. The smallest absolute Gasteiger partial charge is 0.335 e. The first-order valence-corrected chi connectivity index (χ1v) is 15.7. The van der Waals surface area contributed by atoms with Crippen LogP contribution in [0.25, 0.3) is 11.1 Å². The third kappa shape index (κ3) is 7.67. The van der Waals surface area contributed by atoms with E-state index in [9.17, 15) is 9.59 Å². The molecule has 0 N–H and O–H groups in total. The molecule has 0 saturated carbocycles. The summed E-state index contributed by atoms with van der Waals surface area (Å²) >= 11 is 0. The van der Waals surface area contributed by atoms with Gasteiger partial charge in [0.05, 0.1) is 0 Å². The summed E-state index contributed by atoms with van der Waals surface area (Å²) in [6, 6.07) is 49.9. The molecule has 0 heterocycles. The second kappa shape index (κ2) is 14.8. The molecule has 6 heteroatoms. The number of benzene rings is 6. The number of aryl methyl sites for hydroxylation is 1. The fraction of sp³-hybridized carbons (Fsp3) is 0.0233. The van der Waals surface area contributed by atoms with Crippen LogP contribution in [0.3, 0.4) is 0 Å². The molecule has 0 fully saturated rings. The average molecular weight is 643 g/mol. The number of nitrogens with zero attached hydrogens (tertiary/aromatic N) is 2. The normalized spacial score (nSPS) is 10.5. The number of carbonyl (C=O) groups is 2. The summed E-state index contributed by atoms with van der Waals surface area (Å²) in [6.07, 6.45) is 2.24. The van der Waals surface area contributed by atoms with Crippen LogP contribution in [0.2, 0.25) is 0 Å². The first-order chi connectivity index (χ1) is 23.9. The highest BCUT2D eigenvalue weighted by atomic mass is 16.5. The molecule has 49 heavy (non-hydrogen) atoms. The van der Waals surface area contributed by atoms with Crippen molar-refractivity contribution < 1.29 is 19.1 Å². The van der Waals surface area contributed by atoms with Gasteiger partial charge < -0.3 is 19.3 Å². The predicted octanol–water partition coefficient (Wildman–Crippen LogP) is 10.8. The number of ether oxygens (including phenoxy) is 2. The van der Waals surface area contributed by atoms with Crippen LogP contribution in [0, 0.1) is 6.92 Å². The van der Waals surface area contributed by atoms with Gasteiger partial charge in [-0.3, -0.25) is 0 Å². The molecule has 0 aliphatic rings. The van der Waals surface area contributed by atoms with Gasteiger partial charge in [0.1, 0.15) is 11.5 Å². The van der Waals surface area contributed by atoms with E-state index < -0.39 is 11.9 Å². The highest BCUT2D eigenvalue weighted by molar-refractivity contribution is 5.86. The fourth-order valence-corrected chi connectivity index (χ4v) is 5.53. The van der Waals surface area contributed by atoms with Gasteiger partial charge in [0.25, 0.3) is 0 Å². The van der Waals surface area contributed by atoms with Crippen molar-refractivity contribution in [2.75, 3.05) is 9.80 Å². The van der Waals surface area contributed by atoms with Gasteiger partial charge in [0, 0.05) is 58.4 Å². The Labute approximate surface area is 286 Å². The molecule has 0 spiro atoms. The highest BCUT2D eigenvalue weighted by Gasteiger charge is 2.17. The van der Waals surface area contributed by atoms with Gasteiger partial charge in [0.2, 0.25) is 0 Å². The number of esters is 2. The van der Waals surface area contributed by atoms with E-state index in [0.717, 1.165) is 57.4 Å². The van der Waals surface area contributed by atoms with Crippen LogP contribution in [0.4, 0.5) is 34.1 Å². The van der Waals surface area contributed by atoms with Gasteiger partial charge in [0.15, 0.2) is 0 Å². The van der Waals surface area contributed by atoms with E-state index in [2.05, 4.69) is 97.8 Å². The number of anilines is 6. The predicted molar refractivity (Wildman–Crippen MR) is 198 cm³/mol. The summed E-state index contributed by atoms with van der Waals surface area (Å²) in [7, 11) is 0. The van der Waals surface area contributed by atoms with Crippen molar-refractivity contribution >= 4 is 46.1 Å². The Hall–Kier alpha value is -6.66. The SMILES string of the molecule is C=CC(=O)Oc1cccc(N(c2ccc(-c3ccc(N(c4ccccc4)c4cccc(C)c4)cc3)cc2)c2cccc(OC(=O)C=C)c2)c1. The summed E-state index contributed by atoms with van der Waals surface area (Å²) in [4.78, 5) is 28.1. The minimum Gasteiger partial charge on any atom is -0.423 e. The van der Waals surface area contributed by atoms with Crippen LogP contribution in [0.1, 0.15) is 5.56 Å². The zero-order chi connectivity index (χ0) is 34.2. The van der Waals surface area contributed by atoms with Crippen molar-refractivity contribution in [3.8, 4) is 22.6 Å². The topological polar surface area (TPSA) is 59.1 Å². The zero-order valence-corrected chi connectivity index (χ0v) is 27.0. The second-order valence-corrected chi connectivity index (χ2v) is 11.2. The van der Waals surface area contributed by atoms with Gasteiger partial charge in [-0.2, -0.15) is 0 Å². The lowest BCUT2D eigenvalue weighted by atomic mass is 10.0. The van der Waals surface area contributed by atoms with Crippen LogP contribution in [0.15, 0.2) is 177 Å². The molecule has 0 aliphatic heterocycles. The second-order valence-electron chi connectivity index (χ2n) is 11.2. The molecule has 0 unspecified atom stereocenters. The van der Waals surface area contributed by atoms with Crippen molar-refractivity contribution in [2.24, 2.45) is 0 Å². The number of carbonyl (C=O) groups excluding carboxylic acids is 2. The van der Waals surface area contributed by atoms with Crippen molar-refractivity contribution in [3.05, 3.63) is 183 Å². The van der Waals surface area contributed by atoms with E-state index in [0.29, 0.717) is 11.5 Å². The van der Waals surface area contributed by atoms with E-state index in [1.807, 2.05) is 47.4 Å². The van der Waals surface area contributed by atoms with Crippen molar-refractivity contribution in [2.45, 2.75) is 6.92 Å². The van der Waals surface area contributed by atoms with Gasteiger partial charge in [-0.15, -0.1) is 0 Å². The van der Waals surface area contributed by atoms with Gasteiger partial charge in [-0.05, 0) is 96.4 Å². The lowest BCUT2D eigenvalue weighted by molar-refractivity contribution is -0.129. The quantitative estimate of drug-likeness (QED) is 0.0796. The lowest BCUT2D eigenvalue weighted by Crippen LogP contribution is -2.11. The number of hydrogen-bond acceptors (Lipinski definition) is 6. The van der Waals surface area contributed by atoms with E-state index in [1.165, 1.54) is 5.56 Å². The summed E-state index contributed by atoms with van der Waals surface area (Å²) in [5, 5.41) is 0. The first kappa shape index (κ1) is 32.3. The molecule has 0 aliphatic carbocycles. The average Bonchev–Trinajstić information content (AvgIpc) is 3.13. The van der Waals surface area contributed by atoms with Crippen LogP contribution in [-0.4, -0.2) is 11.9 Å². The van der Waals surface area contributed by atoms with Crippen molar-refractivity contribution in [3.63, 3.8) is 0 Å². The summed E-state index contributed by atoms with van der Waals surface area (Å²) in [5.41, 5.74) is 8.83. The van der Waals surface area contributed by atoms with Crippen LogP contribution in [0.5, 0.6) is 11.5 Å². The number of hydrogen-bond donors (Lipinski definition) is 0. The van der Waals surface area contributed by atoms with E-state index >= 15 is 0 Å². The molecule has 0 saturated heterocycles. The van der Waals surface area contributed by atoms with E-state index in [4.69, 9.17) is 9.47 Å². The van der Waals surface area contributed by atoms with Crippen LogP contribution in [-0.2, 0) is 9.59 Å². The Morgan fingerprint density at radius 3 is 1.31 bits per heavy atom. The van der Waals surface area contributed by atoms with E-state index in [-0.39, 0.29) is 0 Å². The molecule has 6 rings (SSSR count). The maximum absolute atomic E-state index is 12.0. The van der Waals surface area contributed by atoms with Gasteiger partial charge in [-0.1, -0.05) is 79.9 Å². The zero-order valence-electron chi connectivity index (χ0n) is 27.0. The maximum atomic E-state index is 12.0. The monoisotopic (exact) mass is 642 g/mol. The standard InChI is InChI=1S/C43H34N2O4/c1-4-42(46)48-40-18-10-16-38(29-40)45(39-17-11-19-41(30-39)49-43(47)5-2)36-26-22-33(23-27-36)32-20-24-35(25-21-32)44(34-13-7-6-8-14-34)37-15-9-12-31(3)28-37/h4-30H,1-2H2,3H3. The minimum atomic E-state index is -0.553. The lowest BCUT2D eigenvalue weighted by Gasteiger charge is -2.26. The Morgan fingerprint density at radius 1 is 0.469 bits per heavy atom. The van der Waals surface area contributed by atoms with Crippen molar-refractivity contribution in [1.29, 1.82) is 0 Å². The number of para-hydroxylation sites is 1. The Morgan fingerprint density at radius 2 is 0.857 bits per heavy atom.